The molecule has 3 nitrogen and oxygen atoms in total. The summed E-state index contributed by atoms with van der Waals surface area (Å²) in [6, 6.07) is 8.62. The summed E-state index contributed by atoms with van der Waals surface area (Å²) in [5.74, 6) is -0.171. The smallest absolute Gasteiger partial charge is 0.337 e. The zero-order chi connectivity index (χ0) is 11.7. The number of esters is 1. The lowest BCUT2D eigenvalue weighted by molar-refractivity contribution is 0.0601. The number of hydrogen-bond donors (Lipinski definition) is 1. The minimum absolute atomic E-state index is 0.201. The number of benzene rings is 2. The van der Waals surface area contributed by atoms with Crippen LogP contribution in [0.15, 0.2) is 30.3 Å². The summed E-state index contributed by atoms with van der Waals surface area (Å²) in [4.78, 5) is 11.3. The van der Waals surface area contributed by atoms with Gasteiger partial charge in [0.15, 0.2) is 0 Å². The summed E-state index contributed by atoms with van der Waals surface area (Å²) >= 11 is 0. The van der Waals surface area contributed by atoms with Crippen LogP contribution in [0.5, 0.6) is 5.75 Å². The Morgan fingerprint density at radius 2 is 2.00 bits per heavy atom. The summed E-state index contributed by atoms with van der Waals surface area (Å²) in [7, 11) is 1.35. The number of aromatic hydroxyl groups is 1. The number of ether oxygens (including phenoxy) is 1. The largest absolute Gasteiger partial charge is 0.508 e. The van der Waals surface area contributed by atoms with Crippen molar-refractivity contribution < 1.29 is 14.6 Å². The number of methoxy groups -OCH3 is 1. The van der Waals surface area contributed by atoms with E-state index in [-0.39, 0.29) is 11.7 Å². The van der Waals surface area contributed by atoms with Gasteiger partial charge in [-0.25, -0.2) is 4.79 Å². The average Bonchev–Trinajstić information content (AvgIpc) is 2.27. The fourth-order valence-electron chi connectivity index (χ4n) is 1.79. The fourth-order valence-corrected chi connectivity index (χ4v) is 1.79. The topological polar surface area (TPSA) is 46.5 Å². The highest BCUT2D eigenvalue weighted by molar-refractivity contribution is 5.96. The Hall–Kier alpha value is -2.03. The second-order valence-corrected chi connectivity index (χ2v) is 3.69. The van der Waals surface area contributed by atoms with Crippen molar-refractivity contribution >= 4 is 16.7 Å². The third-order valence-corrected chi connectivity index (χ3v) is 2.57. The molecule has 0 aliphatic rings. The fraction of sp³-hybridized carbons (Fsp3) is 0.154. The summed E-state index contributed by atoms with van der Waals surface area (Å²) in [5, 5.41) is 11.3. The minimum Gasteiger partial charge on any atom is -0.508 e. The van der Waals surface area contributed by atoms with Crippen molar-refractivity contribution in [2.24, 2.45) is 0 Å². The third-order valence-electron chi connectivity index (χ3n) is 2.57. The van der Waals surface area contributed by atoms with Gasteiger partial charge in [-0.3, -0.25) is 0 Å². The van der Waals surface area contributed by atoms with E-state index in [4.69, 9.17) is 0 Å². The van der Waals surface area contributed by atoms with E-state index in [1.54, 1.807) is 24.3 Å². The van der Waals surface area contributed by atoms with E-state index in [1.807, 2.05) is 13.0 Å². The van der Waals surface area contributed by atoms with Gasteiger partial charge >= 0.3 is 5.97 Å². The lowest BCUT2D eigenvalue weighted by atomic mass is 10.0. The maximum atomic E-state index is 11.3. The van der Waals surface area contributed by atoms with Crippen molar-refractivity contribution in [1.29, 1.82) is 0 Å². The van der Waals surface area contributed by atoms with E-state index in [0.29, 0.717) is 5.56 Å². The molecular formula is C13H12O3. The van der Waals surface area contributed by atoms with Gasteiger partial charge in [-0.05, 0) is 47.5 Å². The van der Waals surface area contributed by atoms with E-state index in [1.165, 1.54) is 7.11 Å². The molecule has 0 atom stereocenters. The number of rotatable bonds is 1. The number of phenolic OH excluding ortho intramolecular Hbond substituents is 1. The first-order valence-corrected chi connectivity index (χ1v) is 4.93. The molecule has 0 saturated carbocycles. The first kappa shape index (κ1) is 10.5. The molecule has 16 heavy (non-hydrogen) atoms. The van der Waals surface area contributed by atoms with Gasteiger partial charge in [-0.2, -0.15) is 0 Å². The van der Waals surface area contributed by atoms with Crippen molar-refractivity contribution in [3.05, 3.63) is 41.5 Å². The molecule has 2 rings (SSSR count). The first-order valence-electron chi connectivity index (χ1n) is 4.93. The molecule has 0 unspecified atom stereocenters. The molecule has 2 aromatic carbocycles. The second-order valence-electron chi connectivity index (χ2n) is 3.69. The maximum absolute atomic E-state index is 11.3. The van der Waals surface area contributed by atoms with Crippen LogP contribution in [0.4, 0.5) is 0 Å². The summed E-state index contributed by atoms with van der Waals surface area (Å²) in [6.45, 7) is 1.92. The highest BCUT2D eigenvalue weighted by Crippen LogP contribution is 2.25. The average molecular weight is 216 g/mol. The van der Waals surface area contributed by atoms with E-state index in [2.05, 4.69) is 4.74 Å². The summed E-state index contributed by atoms with van der Waals surface area (Å²) < 4.78 is 4.64. The lowest BCUT2D eigenvalue weighted by Gasteiger charge is -2.05. The molecule has 0 aromatic heterocycles. The standard InChI is InChI=1S/C13H12O3/c1-8-5-11(14)7-10-6-9(13(15)16-2)3-4-12(8)10/h3-7,14H,1-2H3. The molecule has 0 aliphatic heterocycles. The van der Waals surface area contributed by atoms with Crippen LogP contribution in [0.25, 0.3) is 10.8 Å². The summed E-state index contributed by atoms with van der Waals surface area (Å²) in [5.41, 5.74) is 1.46. The second kappa shape index (κ2) is 3.85. The molecule has 0 aliphatic carbocycles. The Labute approximate surface area is 93.3 Å². The normalized spacial score (nSPS) is 10.4. The summed E-state index contributed by atoms with van der Waals surface area (Å²) in [6.07, 6.45) is 0. The van der Waals surface area contributed by atoms with E-state index >= 15 is 0 Å². The van der Waals surface area contributed by atoms with Crippen LogP contribution in [0.2, 0.25) is 0 Å². The molecule has 0 amide bonds. The minimum atomic E-state index is -0.372. The van der Waals surface area contributed by atoms with Crippen LogP contribution in [-0.2, 0) is 4.74 Å². The monoisotopic (exact) mass is 216 g/mol. The molecule has 82 valence electrons. The molecule has 3 heteroatoms. The molecule has 0 bridgehead atoms. The Bertz CT molecular complexity index is 558. The van der Waals surface area contributed by atoms with Crippen LogP contribution in [-0.4, -0.2) is 18.2 Å². The molecule has 0 heterocycles. The van der Waals surface area contributed by atoms with Gasteiger partial charge in [-0.1, -0.05) is 6.07 Å². The van der Waals surface area contributed by atoms with Crippen molar-refractivity contribution in [2.75, 3.05) is 7.11 Å². The quantitative estimate of drug-likeness (QED) is 0.745. The Kier molecular flexibility index (Phi) is 2.52. The van der Waals surface area contributed by atoms with Crippen LogP contribution in [0, 0.1) is 6.92 Å². The van der Waals surface area contributed by atoms with Gasteiger partial charge in [0.05, 0.1) is 12.7 Å². The number of carbonyl (C=O) groups is 1. The van der Waals surface area contributed by atoms with Crippen molar-refractivity contribution in [1.82, 2.24) is 0 Å². The highest BCUT2D eigenvalue weighted by Gasteiger charge is 2.07. The molecule has 1 N–H and O–H groups in total. The molecule has 0 spiro atoms. The third kappa shape index (κ3) is 1.72. The molecular weight excluding hydrogens is 204 g/mol. The first-order chi connectivity index (χ1) is 7.61. The number of phenols is 1. The highest BCUT2D eigenvalue weighted by atomic mass is 16.5. The number of carbonyl (C=O) groups excluding carboxylic acids is 1. The predicted octanol–water partition coefficient (Wildman–Crippen LogP) is 2.64. The Balaban J connectivity index is 2.66. The molecule has 0 radical (unpaired) electrons. The van der Waals surface area contributed by atoms with E-state index in [0.717, 1.165) is 16.3 Å². The van der Waals surface area contributed by atoms with Crippen molar-refractivity contribution in [3.63, 3.8) is 0 Å². The van der Waals surface area contributed by atoms with Crippen molar-refractivity contribution in [2.45, 2.75) is 6.92 Å². The Morgan fingerprint density at radius 1 is 1.25 bits per heavy atom. The lowest BCUT2D eigenvalue weighted by Crippen LogP contribution is -2.00. The molecule has 2 aromatic rings. The van der Waals surface area contributed by atoms with Gasteiger partial charge in [-0.15, -0.1) is 0 Å². The zero-order valence-corrected chi connectivity index (χ0v) is 9.15. The van der Waals surface area contributed by atoms with Gasteiger partial charge < -0.3 is 9.84 Å². The Morgan fingerprint density at radius 3 is 2.69 bits per heavy atom. The van der Waals surface area contributed by atoms with Gasteiger partial charge in [0, 0.05) is 0 Å². The van der Waals surface area contributed by atoms with Gasteiger partial charge in [0.1, 0.15) is 5.75 Å². The zero-order valence-electron chi connectivity index (χ0n) is 9.15. The van der Waals surface area contributed by atoms with E-state index < -0.39 is 0 Å². The van der Waals surface area contributed by atoms with Crippen LogP contribution in [0.1, 0.15) is 15.9 Å². The van der Waals surface area contributed by atoms with Crippen LogP contribution in [0.3, 0.4) is 0 Å². The number of hydrogen-bond acceptors (Lipinski definition) is 3. The van der Waals surface area contributed by atoms with Crippen molar-refractivity contribution in [3.8, 4) is 5.75 Å². The number of fused-ring (bicyclic) bond motifs is 1. The number of aryl methyl sites for hydroxylation is 1. The molecule has 0 fully saturated rings. The van der Waals surface area contributed by atoms with Gasteiger partial charge in [0.25, 0.3) is 0 Å². The molecule has 0 saturated heterocycles. The SMILES string of the molecule is COC(=O)c1ccc2c(C)cc(O)cc2c1. The van der Waals surface area contributed by atoms with Crippen LogP contribution >= 0.6 is 0 Å². The van der Waals surface area contributed by atoms with E-state index in [9.17, 15) is 9.90 Å². The predicted molar refractivity (Wildman–Crippen MR) is 61.7 cm³/mol. The van der Waals surface area contributed by atoms with Crippen LogP contribution < -0.4 is 0 Å². The van der Waals surface area contributed by atoms with Gasteiger partial charge in [0.2, 0.25) is 0 Å². The maximum Gasteiger partial charge on any atom is 0.337 e.